The number of nitrogens with one attached hydrogen (secondary N) is 1. The third-order valence-corrected chi connectivity index (χ3v) is 4.74. The molecule has 0 aliphatic carbocycles. The minimum atomic E-state index is -0.199. The molecule has 1 amide bonds. The molecule has 0 atom stereocenters. The molecule has 3 aromatic rings. The topological polar surface area (TPSA) is 56.8 Å². The van der Waals surface area contributed by atoms with E-state index >= 15 is 0 Å². The Morgan fingerprint density at radius 1 is 0.897 bits per heavy atom. The number of amides is 1. The summed E-state index contributed by atoms with van der Waals surface area (Å²) in [4.78, 5) is 12.6. The lowest BCUT2D eigenvalue weighted by Gasteiger charge is -2.13. The van der Waals surface area contributed by atoms with E-state index in [1.165, 1.54) is 0 Å². The smallest absolute Gasteiger partial charge is 0.251 e. The molecule has 0 heterocycles. The van der Waals surface area contributed by atoms with Gasteiger partial charge in [0.25, 0.3) is 5.91 Å². The summed E-state index contributed by atoms with van der Waals surface area (Å²) in [6.07, 6.45) is 0. The predicted octanol–water partition coefficient (Wildman–Crippen LogP) is 4.87. The standard InChI is InChI=1S/C23H22ClNO4/c1-27-19-7-5-8-20(13-19)29-15-18-12-16(10-11-22(18)28-2)23(26)25-14-17-6-3-4-9-21(17)24/h3-13H,14-15H2,1-2H3,(H,25,26). The van der Waals surface area contributed by atoms with Crippen LogP contribution >= 0.6 is 11.6 Å². The van der Waals surface area contributed by atoms with Crippen LogP contribution in [0.15, 0.2) is 66.7 Å². The molecule has 150 valence electrons. The number of hydrogen-bond acceptors (Lipinski definition) is 4. The van der Waals surface area contributed by atoms with Crippen LogP contribution in [0.3, 0.4) is 0 Å². The maximum Gasteiger partial charge on any atom is 0.251 e. The highest BCUT2D eigenvalue weighted by molar-refractivity contribution is 6.31. The first-order valence-corrected chi connectivity index (χ1v) is 9.44. The van der Waals surface area contributed by atoms with Crippen molar-refractivity contribution in [2.75, 3.05) is 14.2 Å². The molecule has 0 saturated carbocycles. The minimum Gasteiger partial charge on any atom is -0.497 e. The third-order valence-electron chi connectivity index (χ3n) is 4.38. The highest BCUT2D eigenvalue weighted by atomic mass is 35.5. The van der Waals surface area contributed by atoms with Crippen molar-refractivity contribution in [2.24, 2.45) is 0 Å². The summed E-state index contributed by atoms with van der Waals surface area (Å²) in [7, 11) is 3.19. The molecule has 3 rings (SSSR count). The minimum absolute atomic E-state index is 0.199. The van der Waals surface area contributed by atoms with Gasteiger partial charge >= 0.3 is 0 Å². The molecule has 0 unspecified atom stereocenters. The van der Waals surface area contributed by atoms with Gasteiger partial charge in [-0.15, -0.1) is 0 Å². The number of hydrogen-bond donors (Lipinski definition) is 1. The Bertz CT molecular complexity index is 990. The van der Waals surface area contributed by atoms with Crippen LogP contribution in [-0.2, 0) is 13.2 Å². The molecule has 29 heavy (non-hydrogen) atoms. The van der Waals surface area contributed by atoms with Crippen molar-refractivity contribution in [1.82, 2.24) is 5.32 Å². The fourth-order valence-corrected chi connectivity index (χ4v) is 3.01. The van der Waals surface area contributed by atoms with Crippen LogP contribution in [0.25, 0.3) is 0 Å². The Labute approximate surface area is 175 Å². The molecular formula is C23H22ClNO4. The summed E-state index contributed by atoms with van der Waals surface area (Å²) in [5, 5.41) is 3.51. The first kappa shape index (κ1) is 20.6. The Balaban J connectivity index is 1.70. The third kappa shape index (κ3) is 5.42. The molecule has 0 spiro atoms. The van der Waals surface area contributed by atoms with Crippen LogP contribution < -0.4 is 19.5 Å². The average molecular weight is 412 g/mol. The first-order chi connectivity index (χ1) is 14.1. The van der Waals surface area contributed by atoms with Crippen LogP contribution in [0.5, 0.6) is 17.2 Å². The second-order valence-electron chi connectivity index (χ2n) is 6.27. The van der Waals surface area contributed by atoms with Crippen molar-refractivity contribution in [3.05, 3.63) is 88.4 Å². The molecule has 0 aliphatic heterocycles. The fourth-order valence-electron chi connectivity index (χ4n) is 2.80. The Morgan fingerprint density at radius 2 is 1.69 bits per heavy atom. The van der Waals surface area contributed by atoms with Gasteiger partial charge in [0.1, 0.15) is 23.9 Å². The van der Waals surface area contributed by atoms with Gasteiger partial charge < -0.3 is 19.5 Å². The summed E-state index contributed by atoms with van der Waals surface area (Å²) in [5.74, 6) is 1.83. The number of rotatable bonds is 8. The predicted molar refractivity (Wildman–Crippen MR) is 113 cm³/mol. The molecule has 3 aromatic carbocycles. The van der Waals surface area contributed by atoms with Crippen LogP contribution in [0.1, 0.15) is 21.5 Å². The van der Waals surface area contributed by atoms with Gasteiger partial charge in [0.05, 0.1) is 14.2 Å². The second kappa shape index (κ2) is 9.85. The number of halogens is 1. The van der Waals surface area contributed by atoms with E-state index in [1.807, 2.05) is 36.4 Å². The van der Waals surface area contributed by atoms with E-state index in [4.69, 9.17) is 25.8 Å². The van der Waals surface area contributed by atoms with Crippen molar-refractivity contribution < 1.29 is 19.0 Å². The largest absolute Gasteiger partial charge is 0.497 e. The molecule has 1 N–H and O–H groups in total. The first-order valence-electron chi connectivity index (χ1n) is 9.06. The van der Waals surface area contributed by atoms with Crippen molar-refractivity contribution in [3.63, 3.8) is 0 Å². The van der Waals surface area contributed by atoms with Crippen LogP contribution in [-0.4, -0.2) is 20.1 Å². The van der Waals surface area contributed by atoms with Crippen molar-refractivity contribution in [2.45, 2.75) is 13.2 Å². The SMILES string of the molecule is COc1cccc(OCc2cc(C(=O)NCc3ccccc3Cl)ccc2OC)c1. The van der Waals surface area contributed by atoms with Crippen molar-refractivity contribution in [1.29, 1.82) is 0 Å². The van der Waals surface area contributed by atoms with E-state index in [1.54, 1.807) is 44.6 Å². The summed E-state index contributed by atoms with van der Waals surface area (Å²) < 4.78 is 16.5. The zero-order valence-corrected chi connectivity index (χ0v) is 17.0. The van der Waals surface area contributed by atoms with Gasteiger partial charge in [-0.1, -0.05) is 35.9 Å². The van der Waals surface area contributed by atoms with Gasteiger partial charge in [-0.25, -0.2) is 0 Å². The Kier molecular flexibility index (Phi) is 6.98. The quantitative estimate of drug-likeness (QED) is 0.574. The van der Waals surface area contributed by atoms with E-state index in [0.717, 1.165) is 11.1 Å². The van der Waals surface area contributed by atoms with E-state index < -0.39 is 0 Å². The molecular weight excluding hydrogens is 390 g/mol. The zero-order chi connectivity index (χ0) is 20.6. The summed E-state index contributed by atoms with van der Waals surface area (Å²) >= 11 is 6.15. The lowest BCUT2D eigenvalue weighted by molar-refractivity contribution is 0.0950. The Hall–Kier alpha value is -3.18. The monoisotopic (exact) mass is 411 g/mol. The molecule has 0 aromatic heterocycles. The lowest BCUT2D eigenvalue weighted by atomic mass is 10.1. The van der Waals surface area contributed by atoms with Gasteiger partial charge in [-0.05, 0) is 42.0 Å². The summed E-state index contributed by atoms with van der Waals surface area (Å²) in [5.41, 5.74) is 2.14. The molecule has 0 bridgehead atoms. The van der Waals surface area contributed by atoms with Gasteiger partial charge in [0.2, 0.25) is 0 Å². The maximum atomic E-state index is 12.6. The van der Waals surface area contributed by atoms with Gasteiger partial charge in [0, 0.05) is 28.8 Å². The number of benzene rings is 3. The highest BCUT2D eigenvalue weighted by Gasteiger charge is 2.12. The fraction of sp³-hybridized carbons (Fsp3) is 0.174. The molecule has 0 aliphatic rings. The highest BCUT2D eigenvalue weighted by Crippen LogP contribution is 2.24. The lowest BCUT2D eigenvalue weighted by Crippen LogP contribution is -2.23. The molecule has 6 heteroatoms. The van der Waals surface area contributed by atoms with Crippen LogP contribution in [0.2, 0.25) is 5.02 Å². The van der Waals surface area contributed by atoms with Gasteiger partial charge in [-0.3, -0.25) is 4.79 Å². The molecule has 0 fully saturated rings. The maximum absolute atomic E-state index is 12.6. The van der Waals surface area contributed by atoms with Crippen LogP contribution in [0.4, 0.5) is 0 Å². The van der Waals surface area contributed by atoms with E-state index in [-0.39, 0.29) is 12.5 Å². The average Bonchev–Trinajstić information content (AvgIpc) is 2.76. The normalized spacial score (nSPS) is 10.3. The molecule has 0 radical (unpaired) electrons. The number of carbonyl (C=O) groups excluding carboxylic acids is 1. The Morgan fingerprint density at radius 3 is 2.45 bits per heavy atom. The molecule has 0 saturated heterocycles. The summed E-state index contributed by atoms with van der Waals surface area (Å²) in [6, 6.07) is 20.0. The zero-order valence-electron chi connectivity index (χ0n) is 16.3. The number of carbonyl (C=O) groups is 1. The van der Waals surface area contributed by atoms with Crippen molar-refractivity contribution >= 4 is 17.5 Å². The van der Waals surface area contributed by atoms with Gasteiger partial charge in [-0.2, -0.15) is 0 Å². The van der Waals surface area contributed by atoms with Crippen LogP contribution in [0, 0.1) is 0 Å². The number of methoxy groups -OCH3 is 2. The van der Waals surface area contributed by atoms with E-state index in [0.29, 0.717) is 34.4 Å². The number of ether oxygens (including phenoxy) is 3. The van der Waals surface area contributed by atoms with E-state index in [2.05, 4.69) is 5.32 Å². The van der Waals surface area contributed by atoms with Crippen molar-refractivity contribution in [3.8, 4) is 17.2 Å². The van der Waals surface area contributed by atoms with Gasteiger partial charge in [0.15, 0.2) is 0 Å². The van der Waals surface area contributed by atoms with E-state index in [9.17, 15) is 4.79 Å². The second-order valence-corrected chi connectivity index (χ2v) is 6.68. The molecule has 5 nitrogen and oxygen atoms in total. The summed E-state index contributed by atoms with van der Waals surface area (Å²) in [6.45, 7) is 0.599.